The topological polar surface area (TPSA) is 12.0 Å². The van der Waals surface area contributed by atoms with E-state index >= 15 is 0 Å². The van der Waals surface area contributed by atoms with Gasteiger partial charge in [-0.25, -0.2) is 0 Å². The highest BCUT2D eigenvalue weighted by Crippen LogP contribution is 2.25. The van der Waals surface area contributed by atoms with Crippen molar-refractivity contribution in [2.75, 3.05) is 6.54 Å². The van der Waals surface area contributed by atoms with Gasteiger partial charge in [0.05, 0.1) is 0 Å². The van der Waals surface area contributed by atoms with Crippen LogP contribution in [0.2, 0.25) is 0 Å². The molecule has 0 saturated heterocycles. The van der Waals surface area contributed by atoms with E-state index in [1.807, 2.05) is 0 Å². The minimum absolute atomic E-state index is 0.826. The Labute approximate surface area is 83.3 Å². The molecule has 2 unspecified atom stereocenters. The fourth-order valence-corrected chi connectivity index (χ4v) is 2.37. The summed E-state index contributed by atoms with van der Waals surface area (Å²) >= 11 is 0. The molecule has 0 heterocycles. The molecule has 0 spiro atoms. The second-order valence-corrected chi connectivity index (χ2v) is 4.45. The van der Waals surface area contributed by atoms with Crippen LogP contribution < -0.4 is 5.32 Å². The Balaban J connectivity index is 2.26. The molecule has 0 aliphatic heterocycles. The number of hydrogen-bond donors (Lipinski definition) is 1. The summed E-state index contributed by atoms with van der Waals surface area (Å²) in [7, 11) is 0. The zero-order chi connectivity index (χ0) is 9.52. The van der Waals surface area contributed by atoms with Gasteiger partial charge in [0, 0.05) is 6.04 Å². The lowest BCUT2D eigenvalue weighted by molar-refractivity contribution is 0.378. The molecule has 0 bridgehead atoms. The minimum atomic E-state index is 0.826. The molecule has 1 N–H and O–H groups in total. The van der Waals surface area contributed by atoms with Gasteiger partial charge in [0.25, 0.3) is 0 Å². The van der Waals surface area contributed by atoms with Gasteiger partial charge in [-0.1, -0.05) is 39.5 Å². The summed E-state index contributed by atoms with van der Waals surface area (Å²) in [5.74, 6) is 0.997. The molecule has 0 radical (unpaired) electrons. The largest absolute Gasteiger partial charge is 0.314 e. The normalized spacial score (nSPS) is 30.0. The lowest BCUT2D eigenvalue weighted by Gasteiger charge is -2.19. The first-order valence-corrected chi connectivity index (χ1v) is 6.10. The average Bonchev–Trinajstić information content (AvgIpc) is 2.39. The highest BCUT2D eigenvalue weighted by molar-refractivity contribution is 4.75. The summed E-state index contributed by atoms with van der Waals surface area (Å²) in [5, 5.41) is 3.68. The molecule has 78 valence electrons. The molecule has 1 heteroatoms. The third-order valence-corrected chi connectivity index (χ3v) is 3.29. The van der Waals surface area contributed by atoms with Crippen molar-refractivity contribution in [3.05, 3.63) is 0 Å². The molecular formula is C12H25N. The summed E-state index contributed by atoms with van der Waals surface area (Å²) < 4.78 is 0. The van der Waals surface area contributed by atoms with E-state index in [4.69, 9.17) is 0 Å². The minimum Gasteiger partial charge on any atom is -0.314 e. The van der Waals surface area contributed by atoms with Crippen molar-refractivity contribution in [1.29, 1.82) is 0 Å². The van der Waals surface area contributed by atoms with Gasteiger partial charge in [0.2, 0.25) is 0 Å². The molecule has 0 aromatic heterocycles. The van der Waals surface area contributed by atoms with E-state index in [9.17, 15) is 0 Å². The van der Waals surface area contributed by atoms with Gasteiger partial charge in [-0.2, -0.15) is 0 Å². The van der Waals surface area contributed by atoms with E-state index in [-0.39, 0.29) is 0 Å². The predicted octanol–water partition coefficient (Wildman–Crippen LogP) is 3.34. The van der Waals surface area contributed by atoms with E-state index in [2.05, 4.69) is 19.2 Å². The van der Waals surface area contributed by atoms with Crippen molar-refractivity contribution in [2.45, 2.75) is 64.8 Å². The third-order valence-electron chi connectivity index (χ3n) is 3.29. The third kappa shape index (κ3) is 4.12. The molecule has 1 saturated carbocycles. The number of hydrogen-bond acceptors (Lipinski definition) is 1. The van der Waals surface area contributed by atoms with Crippen molar-refractivity contribution in [1.82, 2.24) is 5.32 Å². The smallest absolute Gasteiger partial charge is 0.00696 e. The van der Waals surface area contributed by atoms with Gasteiger partial charge in [0.1, 0.15) is 0 Å². The molecular weight excluding hydrogens is 158 g/mol. The molecule has 1 aliphatic rings. The van der Waals surface area contributed by atoms with Crippen LogP contribution in [0.4, 0.5) is 0 Å². The SMILES string of the molecule is CCCNC1CCCCC(CC)C1. The molecule has 2 atom stereocenters. The van der Waals surface area contributed by atoms with Gasteiger partial charge in [-0.15, -0.1) is 0 Å². The van der Waals surface area contributed by atoms with Crippen molar-refractivity contribution in [3.63, 3.8) is 0 Å². The number of rotatable bonds is 4. The van der Waals surface area contributed by atoms with Crippen LogP contribution in [0.25, 0.3) is 0 Å². The molecule has 0 aromatic rings. The first kappa shape index (κ1) is 11.0. The van der Waals surface area contributed by atoms with Crippen LogP contribution in [-0.2, 0) is 0 Å². The van der Waals surface area contributed by atoms with Crippen LogP contribution in [-0.4, -0.2) is 12.6 Å². The van der Waals surface area contributed by atoms with Crippen molar-refractivity contribution >= 4 is 0 Å². The predicted molar refractivity (Wildman–Crippen MR) is 58.9 cm³/mol. The lowest BCUT2D eigenvalue weighted by atomic mass is 9.95. The van der Waals surface area contributed by atoms with Crippen LogP contribution >= 0.6 is 0 Å². The molecule has 1 rings (SSSR count). The molecule has 1 nitrogen and oxygen atoms in total. The first-order valence-electron chi connectivity index (χ1n) is 6.10. The van der Waals surface area contributed by atoms with Crippen LogP contribution in [0.5, 0.6) is 0 Å². The highest BCUT2D eigenvalue weighted by Gasteiger charge is 2.17. The Morgan fingerprint density at radius 1 is 1.15 bits per heavy atom. The maximum Gasteiger partial charge on any atom is 0.00696 e. The van der Waals surface area contributed by atoms with E-state index < -0.39 is 0 Å². The van der Waals surface area contributed by atoms with Gasteiger partial charge in [-0.3, -0.25) is 0 Å². The molecule has 1 aliphatic carbocycles. The lowest BCUT2D eigenvalue weighted by Crippen LogP contribution is -2.30. The van der Waals surface area contributed by atoms with Crippen LogP contribution in [0.15, 0.2) is 0 Å². The monoisotopic (exact) mass is 183 g/mol. The highest BCUT2D eigenvalue weighted by atomic mass is 14.9. The first-order chi connectivity index (χ1) is 6.36. The standard InChI is InChI=1S/C12H25N/c1-3-9-13-12-8-6-5-7-11(4-2)10-12/h11-13H,3-10H2,1-2H3. The Morgan fingerprint density at radius 2 is 1.92 bits per heavy atom. The fourth-order valence-electron chi connectivity index (χ4n) is 2.37. The zero-order valence-electron chi connectivity index (χ0n) is 9.31. The Bertz CT molecular complexity index is 122. The molecule has 1 fully saturated rings. The zero-order valence-corrected chi connectivity index (χ0v) is 9.31. The summed E-state index contributed by atoms with van der Waals surface area (Å²) in [6, 6.07) is 0.826. The van der Waals surface area contributed by atoms with Crippen LogP contribution in [0.3, 0.4) is 0 Å². The van der Waals surface area contributed by atoms with E-state index in [0.29, 0.717) is 0 Å². The van der Waals surface area contributed by atoms with Crippen LogP contribution in [0, 0.1) is 5.92 Å². The maximum atomic E-state index is 3.68. The molecule has 0 aromatic carbocycles. The van der Waals surface area contributed by atoms with Crippen molar-refractivity contribution < 1.29 is 0 Å². The van der Waals surface area contributed by atoms with Gasteiger partial charge in [0.15, 0.2) is 0 Å². The Hall–Kier alpha value is -0.0400. The number of nitrogens with one attached hydrogen (secondary N) is 1. The summed E-state index contributed by atoms with van der Waals surface area (Å²) in [6.07, 6.45) is 9.87. The molecule has 0 amide bonds. The quantitative estimate of drug-likeness (QED) is 0.659. The Morgan fingerprint density at radius 3 is 2.62 bits per heavy atom. The average molecular weight is 183 g/mol. The van der Waals surface area contributed by atoms with Crippen molar-refractivity contribution in [2.24, 2.45) is 5.92 Å². The molecule has 13 heavy (non-hydrogen) atoms. The van der Waals surface area contributed by atoms with E-state index in [0.717, 1.165) is 12.0 Å². The Kier molecular flexibility index (Phi) is 5.45. The second-order valence-electron chi connectivity index (χ2n) is 4.45. The fraction of sp³-hybridized carbons (Fsp3) is 1.00. The van der Waals surface area contributed by atoms with Gasteiger partial charge < -0.3 is 5.32 Å². The van der Waals surface area contributed by atoms with Crippen molar-refractivity contribution in [3.8, 4) is 0 Å². The van der Waals surface area contributed by atoms with Gasteiger partial charge in [-0.05, 0) is 31.7 Å². The maximum absolute atomic E-state index is 3.68. The summed E-state index contributed by atoms with van der Waals surface area (Å²) in [4.78, 5) is 0. The summed E-state index contributed by atoms with van der Waals surface area (Å²) in [5.41, 5.74) is 0. The van der Waals surface area contributed by atoms with E-state index in [1.165, 1.54) is 51.5 Å². The van der Waals surface area contributed by atoms with Crippen LogP contribution in [0.1, 0.15) is 58.8 Å². The van der Waals surface area contributed by atoms with E-state index in [1.54, 1.807) is 0 Å². The second kappa shape index (κ2) is 6.42. The summed E-state index contributed by atoms with van der Waals surface area (Å²) in [6.45, 7) is 5.80. The van der Waals surface area contributed by atoms with Gasteiger partial charge >= 0.3 is 0 Å².